The van der Waals surface area contributed by atoms with E-state index >= 15 is 0 Å². The minimum absolute atomic E-state index is 0.0992. The van der Waals surface area contributed by atoms with Gasteiger partial charge >= 0.3 is 6.03 Å². The maximum absolute atomic E-state index is 12.2. The molecule has 8 heteroatoms. The van der Waals surface area contributed by atoms with Crippen LogP contribution in [-0.2, 0) is 11.3 Å². The fourth-order valence-corrected chi connectivity index (χ4v) is 3.53. The van der Waals surface area contributed by atoms with Gasteiger partial charge in [-0.25, -0.2) is 4.79 Å². The van der Waals surface area contributed by atoms with Crippen LogP contribution in [0.25, 0.3) is 0 Å². The molecule has 6 nitrogen and oxygen atoms in total. The molecule has 1 aromatic carbocycles. The summed E-state index contributed by atoms with van der Waals surface area (Å²) in [6.45, 7) is 3.87. The first kappa shape index (κ1) is 18.3. The van der Waals surface area contributed by atoms with Gasteiger partial charge in [0.05, 0.1) is 10.0 Å². The van der Waals surface area contributed by atoms with Gasteiger partial charge in [-0.05, 0) is 30.5 Å². The number of hydrogen-bond acceptors (Lipinski definition) is 3. The van der Waals surface area contributed by atoms with Crippen molar-refractivity contribution in [1.29, 1.82) is 0 Å². The van der Waals surface area contributed by atoms with Gasteiger partial charge in [0.1, 0.15) is 6.54 Å². The van der Waals surface area contributed by atoms with Crippen LogP contribution in [-0.4, -0.2) is 60.5 Å². The number of hydrogen-bond donors (Lipinski definition) is 2. The van der Waals surface area contributed by atoms with Crippen LogP contribution in [0, 0.1) is 0 Å². The van der Waals surface area contributed by atoms with Gasteiger partial charge in [-0.2, -0.15) is 0 Å². The van der Waals surface area contributed by atoms with Gasteiger partial charge in [0.2, 0.25) is 5.91 Å². The van der Waals surface area contributed by atoms with E-state index in [0.29, 0.717) is 23.1 Å². The van der Waals surface area contributed by atoms with Crippen molar-refractivity contribution in [2.24, 2.45) is 0 Å². The quantitative estimate of drug-likeness (QED) is 0.838. The van der Waals surface area contributed by atoms with Crippen molar-refractivity contribution in [3.63, 3.8) is 0 Å². The second kappa shape index (κ2) is 8.25. The van der Waals surface area contributed by atoms with Crippen LogP contribution in [0.5, 0.6) is 0 Å². The molecule has 0 aromatic heterocycles. The molecule has 0 aliphatic carbocycles. The largest absolute Gasteiger partial charge is 0.353 e. The molecule has 2 N–H and O–H groups in total. The van der Waals surface area contributed by atoms with Crippen LogP contribution in [0.2, 0.25) is 10.0 Å². The molecule has 3 rings (SSSR count). The SMILES string of the molecule is O=C1CN(C(=O)NC2CCN(Cc3ccc(Cl)c(Cl)c3)CC2)CCN1. The first-order valence-electron chi connectivity index (χ1n) is 8.49. The first-order chi connectivity index (χ1) is 12.0. The van der Waals surface area contributed by atoms with Crippen molar-refractivity contribution >= 4 is 35.1 Å². The number of rotatable bonds is 3. The second-order valence-corrected chi connectivity index (χ2v) is 7.33. The van der Waals surface area contributed by atoms with Crippen LogP contribution in [0.1, 0.15) is 18.4 Å². The molecule has 2 saturated heterocycles. The van der Waals surface area contributed by atoms with Gasteiger partial charge in [-0.1, -0.05) is 29.3 Å². The second-order valence-electron chi connectivity index (χ2n) is 6.52. The molecule has 0 bridgehead atoms. The van der Waals surface area contributed by atoms with E-state index in [1.807, 2.05) is 18.2 Å². The van der Waals surface area contributed by atoms with Gasteiger partial charge in [-0.15, -0.1) is 0 Å². The molecule has 0 radical (unpaired) electrons. The number of halogens is 2. The number of nitrogens with one attached hydrogen (secondary N) is 2. The smallest absolute Gasteiger partial charge is 0.318 e. The minimum atomic E-state index is -0.141. The van der Waals surface area contributed by atoms with E-state index in [4.69, 9.17) is 23.2 Å². The number of piperazine rings is 1. The third kappa shape index (κ3) is 5.00. The zero-order valence-electron chi connectivity index (χ0n) is 13.9. The van der Waals surface area contributed by atoms with Crippen molar-refractivity contribution < 1.29 is 9.59 Å². The highest BCUT2D eigenvalue weighted by Crippen LogP contribution is 2.24. The molecule has 0 saturated carbocycles. The highest BCUT2D eigenvalue weighted by atomic mass is 35.5. The number of carbonyl (C=O) groups is 2. The Hall–Kier alpha value is -1.50. The number of carbonyl (C=O) groups excluding carboxylic acids is 2. The van der Waals surface area contributed by atoms with Crippen LogP contribution in [0.15, 0.2) is 18.2 Å². The van der Waals surface area contributed by atoms with Gasteiger partial charge in [0, 0.05) is 38.8 Å². The highest BCUT2D eigenvalue weighted by molar-refractivity contribution is 6.42. The summed E-state index contributed by atoms with van der Waals surface area (Å²) < 4.78 is 0. The summed E-state index contributed by atoms with van der Waals surface area (Å²) in [7, 11) is 0. The zero-order chi connectivity index (χ0) is 17.8. The fraction of sp³-hybridized carbons (Fsp3) is 0.529. The topological polar surface area (TPSA) is 64.7 Å². The summed E-state index contributed by atoms with van der Waals surface area (Å²) in [5, 5.41) is 6.92. The van der Waals surface area contributed by atoms with E-state index in [1.165, 1.54) is 0 Å². The molecule has 0 atom stereocenters. The Bertz CT molecular complexity index is 648. The molecule has 1 aromatic rings. The van der Waals surface area contributed by atoms with Crippen molar-refractivity contribution in [3.05, 3.63) is 33.8 Å². The summed E-state index contributed by atoms with van der Waals surface area (Å²) >= 11 is 12.0. The maximum atomic E-state index is 12.2. The van der Waals surface area contributed by atoms with E-state index in [2.05, 4.69) is 15.5 Å². The lowest BCUT2D eigenvalue weighted by Crippen LogP contribution is -2.55. The summed E-state index contributed by atoms with van der Waals surface area (Å²) in [6.07, 6.45) is 1.79. The lowest BCUT2D eigenvalue weighted by Gasteiger charge is -2.34. The summed E-state index contributed by atoms with van der Waals surface area (Å²) in [5.41, 5.74) is 1.14. The molecule has 2 aliphatic rings. The highest BCUT2D eigenvalue weighted by Gasteiger charge is 2.25. The fourth-order valence-electron chi connectivity index (χ4n) is 3.21. The number of amides is 3. The normalized spacial score (nSPS) is 19.6. The van der Waals surface area contributed by atoms with Crippen LogP contribution < -0.4 is 10.6 Å². The monoisotopic (exact) mass is 384 g/mol. The minimum Gasteiger partial charge on any atom is -0.353 e. The molecule has 0 unspecified atom stereocenters. The predicted molar refractivity (Wildman–Crippen MR) is 97.9 cm³/mol. The molecule has 0 spiro atoms. The number of nitrogens with zero attached hydrogens (tertiary/aromatic N) is 2. The maximum Gasteiger partial charge on any atom is 0.318 e. The Labute approximate surface area is 157 Å². The Balaban J connectivity index is 1.44. The average Bonchev–Trinajstić information content (AvgIpc) is 2.60. The molecular weight excluding hydrogens is 363 g/mol. The van der Waals surface area contributed by atoms with E-state index in [-0.39, 0.29) is 24.5 Å². The van der Waals surface area contributed by atoms with Gasteiger partial charge < -0.3 is 15.5 Å². The number of benzene rings is 1. The van der Waals surface area contributed by atoms with Crippen LogP contribution in [0.3, 0.4) is 0 Å². The van der Waals surface area contributed by atoms with Crippen LogP contribution >= 0.6 is 23.2 Å². The Kier molecular flexibility index (Phi) is 6.04. The average molecular weight is 385 g/mol. The van der Waals surface area contributed by atoms with Crippen molar-refractivity contribution in [3.8, 4) is 0 Å². The van der Waals surface area contributed by atoms with Crippen molar-refractivity contribution in [2.75, 3.05) is 32.7 Å². The zero-order valence-corrected chi connectivity index (χ0v) is 15.4. The summed E-state index contributed by atoms with van der Waals surface area (Å²) in [5.74, 6) is -0.0992. The Morgan fingerprint density at radius 3 is 2.64 bits per heavy atom. The summed E-state index contributed by atoms with van der Waals surface area (Å²) in [6, 6.07) is 5.73. The lowest BCUT2D eigenvalue weighted by molar-refractivity contribution is -0.123. The van der Waals surface area contributed by atoms with E-state index in [9.17, 15) is 9.59 Å². The lowest BCUT2D eigenvalue weighted by atomic mass is 10.0. The van der Waals surface area contributed by atoms with Crippen molar-refractivity contribution in [1.82, 2.24) is 20.4 Å². The molecule has 25 heavy (non-hydrogen) atoms. The van der Waals surface area contributed by atoms with Gasteiger partial charge in [-0.3, -0.25) is 9.69 Å². The van der Waals surface area contributed by atoms with Crippen molar-refractivity contribution in [2.45, 2.75) is 25.4 Å². The molecule has 136 valence electrons. The van der Waals surface area contributed by atoms with Gasteiger partial charge in [0.25, 0.3) is 0 Å². The molecule has 3 amide bonds. The molecule has 2 fully saturated rings. The standard InChI is InChI=1S/C17H22Cl2N4O2/c18-14-2-1-12(9-15(14)19)10-22-6-3-13(4-7-22)21-17(25)23-8-5-20-16(24)11-23/h1-2,9,13H,3-8,10-11H2,(H,20,24)(H,21,25). The van der Waals surface area contributed by atoms with Crippen LogP contribution in [0.4, 0.5) is 4.79 Å². The number of likely N-dealkylation sites (tertiary alicyclic amines) is 1. The molecular formula is C17H22Cl2N4O2. The third-order valence-corrected chi connectivity index (χ3v) is 5.37. The Morgan fingerprint density at radius 2 is 1.96 bits per heavy atom. The third-order valence-electron chi connectivity index (χ3n) is 4.63. The first-order valence-corrected chi connectivity index (χ1v) is 9.25. The van der Waals surface area contributed by atoms with E-state index in [1.54, 1.807) is 4.90 Å². The molecule has 2 aliphatic heterocycles. The summed E-state index contributed by atoms with van der Waals surface area (Å²) in [4.78, 5) is 27.5. The predicted octanol–water partition coefficient (Wildman–Crippen LogP) is 2.10. The van der Waals surface area contributed by atoms with E-state index < -0.39 is 0 Å². The number of urea groups is 1. The number of piperidine rings is 1. The van der Waals surface area contributed by atoms with E-state index in [0.717, 1.165) is 38.0 Å². The van der Waals surface area contributed by atoms with Gasteiger partial charge in [0.15, 0.2) is 0 Å². The Morgan fingerprint density at radius 1 is 1.20 bits per heavy atom. The molecule has 2 heterocycles.